The molecule has 1 N–H and O–H groups in total. The lowest BCUT2D eigenvalue weighted by molar-refractivity contribution is -0.384. The zero-order valence-electron chi connectivity index (χ0n) is 17.4. The smallest absolute Gasteiger partial charge is 0.288 e. The molecule has 162 valence electrons. The highest BCUT2D eigenvalue weighted by atomic mass is 35.5. The number of aryl methyl sites for hydroxylation is 1. The minimum absolute atomic E-state index is 0.0309. The van der Waals surface area contributed by atoms with Gasteiger partial charge in [-0.2, -0.15) is 5.10 Å². The zero-order chi connectivity index (χ0) is 22.7. The highest BCUT2D eigenvalue weighted by Crippen LogP contribution is 2.29. The number of nitrogens with zero attached hydrogens (tertiary/aromatic N) is 3. The number of aromatic nitrogens is 2. The number of hydrogen-bond acceptors (Lipinski definition) is 6. The van der Waals surface area contributed by atoms with Crippen LogP contribution in [0.2, 0.25) is 5.02 Å². The van der Waals surface area contributed by atoms with Crippen molar-refractivity contribution in [2.24, 2.45) is 0 Å². The van der Waals surface area contributed by atoms with Crippen molar-refractivity contribution in [3.05, 3.63) is 74.0 Å². The van der Waals surface area contributed by atoms with Crippen LogP contribution in [0.4, 0.5) is 11.4 Å². The van der Waals surface area contributed by atoms with Crippen molar-refractivity contribution in [2.45, 2.75) is 20.4 Å². The predicted molar refractivity (Wildman–Crippen MR) is 116 cm³/mol. The van der Waals surface area contributed by atoms with Gasteiger partial charge in [0.1, 0.15) is 5.02 Å². The number of methoxy groups -OCH3 is 2. The van der Waals surface area contributed by atoms with E-state index >= 15 is 0 Å². The minimum atomic E-state index is -0.628. The number of carbonyl (C=O) groups is 1. The van der Waals surface area contributed by atoms with Crippen molar-refractivity contribution < 1.29 is 19.2 Å². The first-order valence-electron chi connectivity index (χ1n) is 9.25. The summed E-state index contributed by atoms with van der Waals surface area (Å²) >= 11 is 5.82. The lowest BCUT2D eigenvalue weighted by Crippen LogP contribution is -2.13. The molecule has 0 saturated carbocycles. The van der Waals surface area contributed by atoms with E-state index in [2.05, 4.69) is 10.4 Å². The second kappa shape index (κ2) is 9.05. The van der Waals surface area contributed by atoms with E-state index in [0.29, 0.717) is 29.4 Å². The highest BCUT2D eigenvalue weighted by Gasteiger charge is 2.19. The third kappa shape index (κ3) is 4.61. The predicted octanol–water partition coefficient (Wildman–Crippen LogP) is 4.38. The van der Waals surface area contributed by atoms with Gasteiger partial charge in [-0.25, -0.2) is 0 Å². The molecule has 1 amide bonds. The van der Waals surface area contributed by atoms with E-state index in [0.717, 1.165) is 17.3 Å². The summed E-state index contributed by atoms with van der Waals surface area (Å²) in [6, 6.07) is 9.49. The second-order valence-corrected chi connectivity index (χ2v) is 7.18. The Bertz CT molecular complexity index is 1160. The molecule has 3 aromatic rings. The van der Waals surface area contributed by atoms with Crippen molar-refractivity contribution >= 4 is 28.9 Å². The van der Waals surface area contributed by atoms with E-state index in [9.17, 15) is 14.9 Å². The van der Waals surface area contributed by atoms with E-state index in [1.807, 2.05) is 25.1 Å². The summed E-state index contributed by atoms with van der Waals surface area (Å²) in [5.74, 6) is 0.751. The summed E-state index contributed by atoms with van der Waals surface area (Å²) < 4.78 is 12.4. The Morgan fingerprint density at radius 2 is 1.87 bits per heavy atom. The number of carbonyl (C=O) groups excluding carboxylic acids is 1. The maximum absolute atomic E-state index is 12.7. The summed E-state index contributed by atoms with van der Waals surface area (Å²) in [4.78, 5) is 23.1. The van der Waals surface area contributed by atoms with E-state index < -0.39 is 10.8 Å². The summed E-state index contributed by atoms with van der Waals surface area (Å²) in [6.07, 6.45) is 0. The topological polar surface area (TPSA) is 109 Å². The van der Waals surface area contributed by atoms with Gasteiger partial charge in [0.2, 0.25) is 0 Å². The SMILES string of the molecule is COc1ccc(Cn2nc(C)c(NC(=O)c3ccc(Cl)c([N+](=O)[O-])c3)c2C)cc1OC. The van der Waals surface area contributed by atoms with E-state index in [4.69, 9.17) is 21.1 Å². The van der Waals surface area contributed by atoms with Crippen LogP contribution in [0.3, 0.4) is 0 Å². The molecular formula is C21H21ClN4O5. The van der Waals surface area contributed by atoms with Gasteiger partial charge in [0.15, 0.2) is 11.5 Å². The average molecular weight is 445 g/mol. The zero-order valence-corrected chi connectivity index (χ0v) is 18.2. The molecule has 31 heavy (non-hydrogen) atoms. The Labute approximate surface area is 183 Å². The van der Waals surface area contributed by atoms with E-state index in [1.165, 1.54) is 12.1 Å². The molecule has 1 heterocycles. The molecule has 0 radical (unpaired) electrons. The Morgan fingerprint density at radius 1 is 1.16 bits per heavy atom. The van der Waals surface area contributed by atoms with E-state index in [1.54, 1.807) is 25.8 Å². The van der Waals surface area contributed by atoms with Gasteiger partial charge in [0.25, 0.3) is 11.6 Å². The van der Waals surface area contributed by atoms with Crippen molar-refractivity contribution in [1.29, 1.82) is 0 Å². The molecule has 0 aliphatic rings. The standard InChI is InChI=1S/C21H21ClN4O5/c1-12-20(23-21(27)15-6-7-16(22)17(10-15)26(28)29)13(2)25(24-12)11-14-5-8-18(30-3)19(9-14)31-4/h5-10H,11H2,1-4H3,(H,23,27). The number of amides is 1. The molecule has 0 fully saturated rings. The third-order valence-electron chi connectivity index (χ3n) is 4.81. The summed E-state index contributed by atoms with van der Waals surface area (Å²) in [6.45, 7) is 4.06. The number of rotatable bonds is 7. The number of benzene rings is 2. The van der Waals surface area contributed by atoms with Gasteiger partial charge >= 0.3 is 0 Å². The molecule has 0 aliphatic heterocycles. The monoisotopic (exact) mass is 444 g/mol. The maximum Gasteiger partial charge on any atom is 0.288 e. The average Bonchev–Trinajstić information content (AvgIpc) is 3.00. The van der Waals surface area contributed by atoms with Crippen LogP contribution in [-0.2, 0) is 6.54 Å². The fourth-order valence-electron chi connectivity index (χ4n) is 3.16. The fraction of sp³-hybridized carbons (Fsp3) is 0.238. The molecule has 1 aromatic heterocycles. The maximum atomic E-state index is 12.7. The first kappa shape index (κ1) is 22.1. The Hall–Kier alpha value is -3.59. The molecule has 10 heteroatoms. The third-order valence-corrected chi connectivity index (χ3v) is 5.12. The van der Waals surface area contributed by atoms with Gasteiger partial charge in [0.05, 0.1) is 42.8 Å². The van der Waals surface area contributed by atoms with Crippen LogP contribution >= 0.6 is 11.6 Å². The quantitative estimate of drug-likeness (QED) is 0.428. The molecule has 0 unspecified atom stereocenters. The van der Waals surface area contributed by atoms with Crippen LogP contribution in [0.5, 0.6) is 11.5 Å². The normalized spacial score (nSPS) is 10.6. The lowest BCUT2D eigenvalue weighted by Gasteiger charge is -2.11. The number of nitrogens with one attached hydrogen (secondary N) is 1. The number of halogens is 1. The van der Waals surface area contributed by atoms with Gasteiger partial charge in [-0.1, -0.05) is 17.7 Å². The van der Waals surface area contributed by atoms with Crippen LogP contribution in [-0.4, -0.2) is 34.8 Å². The number of hydrogen-bond donors (Lipinski definition) is 1. The van der Waals surface area contributed by atoms with Crippen molar-refractivity contribution in [3.8, 4) is 11.5 Å². The van der Waals surface area contributed by atoms with Crippen LogP contribution in [0.15, 0.2) is 36.4 Å². The van der Waals surface area contributed by atoms with Crippen LogP contribution < -0.4 is 14.8 Å². The van der Waals surface area contributed by atoms with Gasteiger partial charge in [0, 0.05) is 11.6 Å². The molecule has 0 atom stereocenters. The summed E-state index contributed by atoms with van der Waals surface area (Å²) in [5.41, 5.74) is 2.64. The van der Waals surface area contributed by atoms with Crippen molar-refractivity contribution in [3.63, 3.8) is 0 Å². The molecular weight excluding hydrogens is 424 g/mol. The van der Waals surface area contributed by atoms with Crippen molar-refractivity contribution in [2.75, 3.05) is 19.5 Å². The second-order valence-electron chi connectivity index (χ2n) is 6.77. The lowest BCUT2D eigenvalue weighted by atomic mass is 10.1. The molecule has 3 rings (SSSR count). The Balaban J connectivity index is 1.84. The molecule has 2 aromatic carbocycles. The number of nitro groups is 1. The van der Waals surface area contributed by atoms with Gasteiger partial charge in [-0.15, -0.1) is 0 Å². The largest absolute Gasteiger partial charge is 0.493 e. The van der Waals surface area contributed by atoms with Crippen molar-refractivity contribution in [1.82, 2.24) is 9.78 Å². The first-order chi connectivity index (χ1) is 14.7. The number of anilines is 1. The molecule has 0 aliphatic carbocycles. The van der Waals surface area contributed by atoms with E-state index in [-0.39, 0.29) is 16.3 Å². The van der Waals surface area contributed by atoms with Crippen LogP contribution in [0.25, 0.3) is 0 Å². The minimum Gasteiger partial charge on any atom is -0.493 e. The molecule has 0 saturated heterocycles. The van der Waals surface area contributed by atoms with Crippen LogP contribution in [0.1, 0.15) is 27.3 Å². The molecule has 9 nitrogen and oxygen atoms in total. The summed E-state index contributed by atoms with van der Waals surface area (Å²) in [5, 5.41) is 18.4. The highest BCUT2D eigenvalue weighted by molar-refractivity contribution is 6.32. The first-order valence-corrected chi connectivity index (χ1v) is 9.63. The number of ether oxygens (including phenoxy) is 2. The summed E-state index contributed by atoms with van der Waals surface area (Å²) in [7, 11) is 3.14. The fourth-order valence-corrected chi connectivity index (χ4v) is 3.35. The van der Waals surface area contributed by atoms with Crippen LogP contribution in [0, 0.1) is 24.0 Å². The van der Waals surface area contributed by atoms with Gasteiger partial charge in [-0.3, -0.25) is 19.6 Å². The Kier molecular flexibility index (Phi) is 6.45. The number of nitro benzene ring substituents is 1. The molecule has 0 spiro atoms. The molecule has 0 bridgehead atoms. The Morgan fingerprint density at radius 3 is 2.52 bits per heavy atom. The van der Waals surface area contributed by atoms with Gasteiger partial charge < -0.3 is 14.8 Å². The van der Waals surface area contributed by atoms with Gasteiger partial charge in [-0.05, 0) is 43.7 Å².